The van der Waals surface area contributed by atoms with E-state index < -0.39 is 0 Å². The molecule has 1 aromatic heterocycles. The summed E-state index contributed by atoms with van der Waals surface area (Å²) in [6.45, 7) is 1.97. The maximum absolute atomic E-state index is 13.0. The molecule has 30 heavy (non-hydrogen) atoms. The summed E-state index contributed by atoms with van der Waals surface area (Å²) >= 11 is 1.45. The van der Waals surface area contributed by atoms with Crippen LogP contribution in [0.25, 0.3) is 0 Å². The average Bonchev–Trinajstić information content (AvgIpc) is 3.17. The van der Waals surface area contributed by atoms with Gasteiger partial charge in [0.2, 0.25) is 5.91 Å². The van der Waals surface area contributed by atoms with E-state index in [1.165, 1.54) is 11.3 Å². The van der Waals surface area contributed by atoms with Crippen LogP contribution in [0.15, 0.2) is 48.5 Å². The van der Waals surface area contributed by atoms with Crippen LogP contribution in [0.4, 0.5) is 10.8 Å². The first kappa shape index (κ1) is 20.1. The number of benzene rings is 2. The molecule has 1 aliphatic rings. The van der Waals surface area contributed by atoms with Crippen LogP contribution in [-0.2, 0) is 11.2 Å². The zero-order valence-corrected chi connectivity index (χ0v) is 17.7. The summed E-state index contributed by atoms with van der Waals surface area (Å²) in [5, 5.41) is 6.38. The number of fused-ring (bicyclic) bond motifs is 1. The molecule has 4 rings (SSSR count). The first-order valence-corrected chi connectivity index (χ1v) is 10.7. The summed E-state index contributed by atoms with van der Waals surface area (Å²) in [6, 6.07) is 14.7. The minimum absolute atomic E-state index is 0.107. The number of amides is 2. The minimum atomic E-state index is -0.349. The molecule has 7 heteroatoms. The molecule has 0 bridgehead atoms. The summed E-state index contributed by atoms with van der Waals surface area (Å²) in [6.07, 6.45) is 2.50. The van der Waals surface area contributed by atoms with Crippen molar-refractivity contribution in [1.29, 1.82) is 0 Å². The molecule has 0 saturated carbocycles. The highest BCUT2D eigenvalue weighted by molar-refractivity contribution is 7.16. The third kappa shape index (κ3) is 4.21. The number of hydrogen-bond donors (Lipinski definition) is 2. The van der Waals surface area contributed by atoms with E-state index in [2.05, 4.69) is 15.6 Å². The van der Waals surface area contributed by atoms with Crippen molar-refractivity contribution >= 4 is 34.0 Å². The lowest BCUT2D eigenvalue weighted by Gasteiger charge is -2.21. The molecule has 0 aliphatic heterocycles. The van der Waals surface area contributed by atoms with Crippen molar-refractivity contribution in [1.82, 2.24) is 4.98 Å². The standard InChI is InChI=1S/C23H23N3O3S/c1-14-11-12-17(18(13-14)29-2)24-22(28)16-9-6-10-19-20(16)25-23(30-19)26-21(27)15-7-4-3-5-8-15/h3-5,7-8,11-13,16H,6,9-10H2,1-2H3,(H,24,28)(H,25,26,27). The van der Waals surface area contributed by atoms with Crippen molar-refractivity contribution in [3.63, 3.8) is 0 Å². The molecule has 6 nitrogen and oxygen atoms in total. The number of rotatable bonds is 5. The number of aryl methyl sites for hydroxylation is 2. The van der Waals surface area contributed by atoms with Gasteiger partial charge in [0, 0.05) is 10.4 Å². The molecule has 2 aromatic carbocycles. The number of aromatic nitrogens is 1. The van der Waals surface area contributed by atoms with Crippen LogP contribution in [0, 0.1) is 6.92 Å². The zero-order valence-electron chi connectivity index (χ0n) is 16.9. The summed E-state index contributed by atoms with van der Waals surface area (Å²) in [7, 11) is 1.59. The number of ether oxygens (including phenoxy) is 1. The maximum Gasteiger partial charge on any atom is 0.257 e. The molecule has 0 fully saturated rings. The second-order valence-corrected chi connectivity index (χ2v) is 8.37. The van der Waals surface area contributed by atoms with Crippen LogP contribution >= 0.6 is 11.3 Å². The number of anilines is 2. The highest BCUT2D eigenvalue weighted by atomic mass is 32.1. The fourth-order valence-corrected chi connectivity index (χ4v) is 4.67. The highest BCUT2D eigenvalue weighted by Gasteiger charge is 2.31. The third-order valence-electron chi connectivity index (χ3n) is 5.14. The summed E-state index contributed by atoms with van der Waals surface area (Å²) < 4.78 is 5.40. The normalized spacial score (nSPS) is 15.2. The fraction of sp³-hybridized carbons (Fsp3) is 0.261. The highest BCUT2D eigenvalue weighted by Crippen LogP contribution is 2.38. The van der Waals surface area contributed by atoms with Gasteiger partial charge in [-0.15, -0.1) is 11.3 Å². The van der Waals surface area contributed by atoms with Crippen molar-refractivity contribution in [3.8, 4) is 5.75 Å². The van der Waals surface area contributed by atoms with Crippen LogP contribution in [0.3, 0.4) is 0 Å². The van der Waals surface area contributed by atoms with Crippen molar-refractivity contribution in [2.45, 2.75) is 32.1 Å². The molecule has 2 amide bonds. The summed E-state index contributed by atoms with van der Waals surface area (Å²) in [4.78, 5) is 31.2. The number of nitrogens with zero attached hydrogens (tertiary/aromatic N) is 1. The van der Waals surface area contributed by atoms with E-state index >= 15 is 0 Å². The Morgan fingerprint density at radius 3 is 2.70 bits per heavy atom. The van der Waals surface area contributed by atoms with Gasteiger partial charge < -0.3 is 10.1 Å². The van der Waals surface area contributed by atoms with E-state index in [1.54, 1.807) is 19.2 Å². The number of thiazole rings is 1. The SMILES string of the molecule is COc1cc(C)ccc1NC(=O)C1CCCc2sc(NC(=O)c3ccccc3)nc21. The molecule has 1 aliphatic carbocycles. The van der Waals surface area contributed by atoms with Gasteiger partial charge in [-0.25, -0.2) is 4.98 Å². The molecule has 0 saturated heterocycles. The number of carbonyl (C=O) groups is 2. The predicted molar refractivity (Wildman–Crippen MR) is 119 cm³/mol. The summed E-state index contributed by atoms with van der Waals surface area (Å²) in [5.74, 6) is -0.0247. The Morgan fingerprint density at radius 2 is 1.93 bits per heavy atom. The first-order valence-electron chi connectivity index (χ1n) is 9.86. The lowest BCUT2D eigenvalue weighted by atomic mass is 9.90. The van der Waals surface area contributed by atoms with Crippen LogP contribution < -0.4 is 15.4 Å². The van der Waals surface area contributed by atoms with Crippen molar-refractivity contribution in [3.05, 3.63) is 70.2 Å². The van der Waals surface area contributed by atoms with E-state index in [9.17, 15) is 9.59 Å². The number of methoxy groups -OCH3 is 1. The van der Waals surface area contributed by atoms with E-state index in [-0.39, 0.29) is 17.7 Å². The summed E-state index contributed by atoms with van der Waals surface area (Å²) in [5.41, 5.74) is 3.04. The molecular formula is C23H23N3O3S. The van der Waals surface area contributed by atoms with Crippen LogP contribution in [0.2, 0.25) is 0 Å². The van der Waals surface area contributed by atoms with E-state index in [4.69, 9.17) is 4.74 Å². The molecule has 0 spiro atoms. The van der Waals surface area contributed by atoms with E-state index in [1.807, 2.05) is 43.3 Å². The van der Waals surface area contributed by atoms with Gasteiger partial charge in [0.05, 0.1) is 24.4 Å². The number of hydrogen-bond acceptors (Lipinski definition) is 5. The average molecular weight is 422 g/mol. The quantitative estimate of drug-likeness (QED) is 0.622. The topological polar surface area (TPSA) is 80.3 Å². The zero-order chi connectivity index (χ0) is 21.1. The Hall–Kier alpha value is -3.19. The Morgan fingerprint density at radius 1 is 1.13 bits per heavy atom. The second-order valence-electron chi connectivity index (χ2n) is 7.29. The first-order chi connectivity index (χ1) is 14.5. The monoisotopic (exact) mass is 421 g/mol. The van der Waals surface area contributed by atoms with E-state index in [0.717, 1.165) is 35.4 Å². The van der Waals surface area contributed by atoms with Gasteiger partial charge in [0.15, 0.2) is 5.13 Å². The number of carbonyl (C=O) groups excluding carboxylic acids is 2. The lowest BCUT2D eigenvalue weighted by Crippen LogP contribution is -2.25. The second kappa shape index (κ2) is 8.67. The molecule has 3 aromatic rings. The molecule has 0 radical (unpaired) electrons. The van der Waals surface area contributed by atoms with Gasteiger partial charge in [-0.3, -0.25) is 14.9 Å². The van der Waals surface area contributed by atoms with Gasteiger partial charge in [0.25, 0.3) is 5.91 Å². The van der Waals surface area contributed by atoms with Gasteiger partial charge in [0.1, 0.15) is 5.75 Å². The molecule has 154 valence electrons. The Bertz CT molecular complexity index is 1080. The van der Waals surface area contributed by atoms with Crippen LogP contribution in [-0.4, -0.2) is 23.9 Å². The van der Waals surface area contributed by atoms with Gasteiger partial charge in [-0.2, -0.15) is 0 Å². The molecule has 1 heterocycles. The van der Waals surface area contributed by atoms with Crippen molar-refractivity contribution in [2.24, 2.45) is 0 Å². The smallest absolute Gasteiger partial charge is 0.257 e. The molecule has 1 unspecified atom stereocenters. The Balaban J connectivity index is 1.52. The lowest BCUT2D eigenvalue weighted by molar-refractivity contribution is -0.118. The Labute approximate surface area is 179 Å². The third-order valence-corrected chi connectivity index (χ3v) is 6.19. The van der Waals surface area contributed by atoms with Gasteiger partial charge >= 0.3 is 0 Å². The van der Waals surface area contributed by atoms with Gasteiger partial charge in [-0.1, -0.05) is 24.3 Å². The molecule has 1 atom stereocenters. The maximum atomic E-state index is 13.0. The fourth-order valence-electron chi connectivity index (χ4n) is 3.61. The Kier molecular flexibility index (Phi) is 5.81. The van der Waals surface area contributed by atoms with Crippen molar-refractivity contribution < 1.29 is 14.3 Å². The predicted octanol–water partition coefficient (Wildman–Crippen LogP) is 4.77. The van der Waals surface area contributed by atoms with Crippen LogP contribution in [0.1, 0.15) is 45.3 Å². The van der Waals surface area contributed by atoms with Crippen molar-refractivity contribution in [2.75, 3.05) is 17.7 Å². The minimum Gasteiger partial charge on any atom is -0.495 e. The largest absolute Gasteiger partial charge is 0.495 e. The van der Waals surface area contributed by atoms with Crippen LogP contribution in [0.5, 0.6) is 5.75 Å². The molecular weight excluding hydrogens is 398 g/mol. The molecule has 2 N–H and O–H groups in total. The van der Waals surface area contributed by atoms with Gasteiger partial charge in [-0.05, 0) is 56.0 Å². The van der Waals surface area contributed by atoms with E-state index in [0.29, 0.717) is 22.1 Å². The number of nitrogens with one attached hydrogen (secondary N) is 2.